The third-order valence-electron chi connectivity index (χ3n) is 2.96. The summed E-state index contributed by atoms with van der Waals surface area (Å²) in [5, 5.41) is 6.67. The van der Waals surface area contributed by atoms with E-state index in [1.165, 1.54) is 0 Å². The monoisotopic (exact) mass is 300 g/mol. The fourth-order valence-corrected chi connectivity index (χ4v) is 3.10. The number of benzene rings is 1. The van der Waals surface area contributed by atoms with Gasteiger partial charge in [0, 0.05) is 18.2 Å². The summed E-state index contributed by atoms with van der Waals surface area (Å²) in [6.45, 7) is 0.615. The molecule has 1 amide bonds. The van der Waals surface area contributed by atoms with Crippen LogP contribution in [-0.4, -0.2) is 37.2 Å². The normalized spacial score (nSPS) is 18.3. The molecule has 104 valence electrons. The molecule has 0 radical (unpaired) electrons. The first kappa shape index (κ1) is 14.5. The van der Waals surface area contributed by atoms with Crippen molar-refractivity contribution in [3.63, 3.8) is 0 Å². The molecule has 0 bridgehead atoms. The molecule has 1 saturated heterocycles. The number of halogens is 1. The van der Waals surface area contributed by atoms with Crippen molar-refractivity contribution in [3.05, 3.63) is 28.8 Å². The van der Waals surface area contributed by atoms with Gasteiger partial charge in [-0.3, -0.25) is 10.1 Å². The summed E-state index contributed by atoms with van der Waals surface area (Å²) >= 11 is 7.79. The highest BCUT2D eigenvalue weighted by Crippen LogP contribution is 2.24. The summed E-state index contributed by atoms with van der Waals surface area (Å²) in [7, 11) is 1.59. The van der Waals surface area contributed by atoms with E-state index in [0.717, 1.165) is 23.6 Å². The van der Waals surface area contributed by atoms with Crippen LogP contribution in [-0.2, 0) is 11.2 Å². The van der Waals surface area contributed by atoms with Gasteiger partial charge in [0.05, 0.1) is 18.2 Å². The highest BCUT2D eigenvalue weighted by Gasteiger charge is 2.21. The van der Waals surface area contributed by atoms with Gasteiger partial charge in [-0.25, -0.2) is 0 Å². The molecule has 1 aliphatic heterocycles. The maximum absolute atomic E-state index is 11.8. The summed E-state index contributed by atoms with van der Waals surface area (Å²) in [6.07, 6.45) is 0.759. The molecule has 1 heterocycles. The minimum absolute atomic E-state index is 0.0514. The average Bonchev–Trinajstić information content (AvgIpc) is 2.93. The van der Waals surface area contributed by atoms with Crippen LogP contribution in [0, 0.1) is 0 Å². The molecule has 6 heteroatoms. The Labute approximate surface area is 122 Å². The Morgan fingerprint density at radius 2 is 2.47 bits per heavy atom. The van der Waals surface area contributed by atoms with Crippen LogP contribution in [0.4, 0.5) is 0 Å². The molecule has 1 aliphatic rings. The molecule has 1 aromatic rings. The molecule has 2 N–H and O–H groups in total. The van der Waals surface area contributed by atoms with Gasteiger partial charge in [-0.1, -0.05) is 17.7 Å². The second kappa shape index (κ2) is 7.03. The lowest BCUT2D eigenvalue weighted by Gasteiger charge is -2.11. The van der Waals surface area contributed by atoms with Gasteiger partial charge in [0.2, 0.25) is 5.91 Å². The number of carbonyl (C=O) groups excluding carboxylic acids is 1. The van der Waals surface area contributed by atoms with Crippen LogP contribution in [0.25, 0.3) is 0 Å². The highest BCUT2D eigenvalue weighted by atomic mass is 35.5. The summed E-state index contributed by atoms with van der Waals surface area (Å²) in [5.74, 6) is 2.44. The predicted octanol–water partition coefficient (Wildman–Crippen LogP) is 1.67. The van der Waals surface area contributed by atoms with Crippen molar-refractivity contribution in [2.45, 2.75) is 12.5 Å². The number of hydrogen-bond donors (Lipinski definition) is 2. The molecule has 1 fully saturated rings. The first-order chi connectivity index (χ1) is 9.20. The van der Waals surface area contributed by atoms with E-state index in [1.807, 2.05) is 18.2 Å². The number of rotatable bonds is 5. The number of methoxy groups -OCH3 is 1. The fraction of sp³-hybridized carbons (Fsp3) is 0.462. The van der Waals surface area contributed by atoms with E-state index in [9.17, 15) is 4.79 Å². The molecular formula is C13H17ClN2O2S. The summed E-state index contributed by atoms with van der Waals surface area (Å²) < 4.78 is 5.10. The third kappa shape index (κ3) is 4.03. The van der Waals surface area contributed by atoms with E-state index >= 15 is 0 Å². The van der Waals surface area contributed by atoms with Crippen LogP contribution in [0.3, 0.4) is 0 Å². The molecule has 0 aromatic heterocycles. The van der Waals surface area contributed by atoms with Crippen molar-refractivity contribution in [3.8, 4) is 5.75 Å². The predicted molar refractivity (Wildman–Crippen MR) is 79.0 cm³/mol. The van der Waals surface area contributed by atoms with Crippen LogP contribution >= 0.6 is 23.4 Å². The molecule has 1 aromatic carbocycles. The lowest BCUT2D eigenvalue weighted by molar-refractivity contribution is -0.122. The number of thioether (sulfide) groups is 1. The Morgan fingerprint density at radius 1 is 1.63 bits per heavy atom. The van der Waals surface area contributed by atoms with Crippen LogP contribution in [0.5, 0.6) is 5.75 Å². The van der Waals surface area contributed by atoms with Crippen molar-refractivity contribution in [2.75, 3.05) is 25.3 Å². The van der Waals surface area contributed by atoms with Crippen LogP contribution in [0.15, 0.2) is 18.2 Å². The topological polar surface area (TPSA) is 50.4 Å². The number of hydrogen-bond acceptors (Lipinski definition) is 4. The standard InChI is InChI=1S/C13H17ClN2O2S/c1-18-12-3-2-9(6-10(12)14)4-5-15-13(17)11-7-19-8-16-11/h2-3,6,11,16H,4-5,7-8H2,1H3,(H,15,17). The highest BCUT2D eigenvalue weighted by molar-refractivity contribution is 7.99. The SMILES string of the molecule is COc1ccc(CCNC(=O)C2CSCN2)cc1Cl. The van der Waals surface area contributed by atoms with Crippen molar-refractivity contribution in [1.82, 2.24) is 10.6 Å². The minimum Gasteiger partial charge on any atom is -0.495 e. The average molecular weight is 301 g/mol. The molecule has 0 aliphatic carbocycles. The fourth-order valence-electron chi connectivity index (χ4n) is 1.88. The van der Waals surface area contributed by atoms with Crippen LogP contribution < -0.4 is 15.4 Å². The van der Waals surface area contributed by atoms with Crippen molar-refractivity contribution in [2.24, 2.45) is 0 Å². The van der Waals surface area contributed by atoms with Gasteiger partial charge in [0.15, 0.2) is 0 Å². The smallest absolute Gasteiger partial charge is 0.238 e. The molecule has 0 spiro atoms. The first-order valence-electron chi connectivity index (χ1n) is 6.12. The van der Waals surface area contributed by atoms with E-state index in [1.54, 1.807) is 18.9 Å². The van der Waals surface area contributed by atoms with Crippen molar-refractivity contribution >= 4 is 29.3 Å². The minimum atomic E-state index is -0.0514. The van der Waals surface area contributed by atoms with Crippen molar-refractivity contribution in [1.29, 1.82) is 0 Å². The van der Waals surface area contributed by atoms with Gasteiger partial charge >= 0.3 is 0 Å². The Balaban J connectivity index is 1.79. The molecule has 1 atom stereocenters. The number of ether oxygens (including phenoxy) is 1. The zero-order valence-electron chi connectivity index (χ0n) is 10.7. The van der Waals surface area contributed by atoms with E-state index in [4.69, 9.17) is 16.3 Å². The van der Waals surface area contributed by atoms with Gasteiger partial charge in [-0.15, -0.1) is 11.8 Å². The second-order valence-electron chi connectivity index (χ2n) is 4.28. The largest absolute Gasteiger partial charge is 0.495 e. The number of nitrogens with one attached hydrogen (secondary N) is 2. The van der Waals surface area contributed by atoms with Crippen molar-refractivity contribution < 1.29 is 9.53 Å². The summed E-state index contributed by atoms with van der Waals surface area (Å²) in [4.78, 5) is 11.8. The quantitative estimate of drug-likeness (QED) is 0.868. The van der Waals surface area contributed by atoms with E-state index in [2.05, 4.69) is 10.6 Å². The maximum Gasteiger partial charge on any atom is 0.238 e. The van der Waals surface area contributed by atoms with Crippen LogP contribution in [0.2, 0.25) is 5.02 Å². The van der Waals surface area contributed by atoms with Gasteiger partial charge < -0.3 is 10.1 Å². The van der Waals surface area contributed by atoms with E-state index in [0.29, 0.717) is 17.3 Å². The molecule has 0 saturated carbocycles. The Morgan fingerprint density at radius 3 is 3.11 bits per heavy atom. The van der Waals surface area contributed by atoms with Gasteiger partial charge in [0.25, 0.3) is 0 Å². The summed E-state index contributed by atoms with van der Waals surface area (Å²) in [5.41, 5.74) is 1.08. The lowest BCUT2D eigenvalue weighted by Crippen LogP contribution is -2.42. The first-order valence-corrected chi connectivity index (χ1v) is 7.65. The number of amides is 1. The third-order valence-corrected chi connectivity index (χ3v) is 4.20. The van der Waals surface area contributed by atoms with Gasteiger partial charge in [0.1, 0.15) is 5.75 Å². The molecule has 1 unspecified atom stereocenters. The second-order valence-corrected chi connectivity index (χ2v) is 5.72. The molecule has 19 heavy (non-hydrogen) atoms. The summed E-state index contributed by atoms with van der Waals surface area (Å²) in [6, 6.07) is 5.62. The molecule has 4 nitrogen and oxygen atoms in total. The molecular weight excluding hydrogens is 284 g/mol. The maximum atomic E-state index is 11.8. The van der Waals surface area contributed by atoms with Crippen LogP contribution in [0.1, 0.15) is 5.56 Å². The van der Waals surface area contributed by atoms with Gasteiger partial charge in [-0.05, 0) is 24.1 Å². The Bertz CT molecular complexity index is 450. The zero-order chi connectivity index (χ0) is 13.7. The van der Waals surface area contributed by atoms with E-state index in [-0.39, 0.29) is 11.9 Å². The molecule has 2 rings (SSSR count). The van der Waals surface area contributed by atoms with Gasteiger partial charge in [-0.2, -0.15) is 0 Å². The zero-order valence-corrected chi connectivity index (χ0v) is 12.3. The Kier molecular flexibility index (Phi) is 5.36. The lowest BCUT2D eigenvalue weighted by atomic mass is 10.1. The number of carbonyl (C=O) groups is 1. The Hall–Kier alpha value is -0.910. The van der Waals surface area contributed by atoms with E-state index < -0.39 is 0 Å².